The summed E-state index contributed by atoms with van der Waals surface area (Å²) in [6.07, 6.45) is 1.11. The summed E-state index contributed by atoms with van der Waals surface area (Å²) in [6.45, 7) is 2.78. The molecule has 2 heterocycles. The SMILES string of the molecule is CC1OCCC1c1nc(=S)nc(N)[nH]1. The van der Waals surface area contributed by atoms with Crippen molar-refractivity contribution >= 4 is 18.2 Å². The Morgan fingerprint density at radius 3 is 2.93 bits per heavy atom. The van der Waals surface area contributed by atoms with Gasteiger partial charge < -0.3 is 15.5 Å². The number of aromatic nitrogens is 3. The van der Waals surface area contributed by atoms with Crippen molar-refractivity contribution in [1.29, 1.82) is 0 Å². The molecule has 1 fully saturated rings. The van der Waals surface area contributed by atoms with Crippen molar-refractivity contribution in [1.82, 2.24) is 15.0 Å². The zero-order valence-corrected chi connectivity index (χ0v) is 8.67. The third-order valence-electron chi connectivity index (χ3n) is 2.42. The summed E-state index contributed by atoms with van der Waals surface area (Å²) < 4.78 is 5.73. The summed E-state index contributed by atoms with van der Waals surface area (Å²) >= 11 is 4.90. The van der Waals surface area contributed by atoms with Gasteiger partial charge in [0, 0.05) is 12.5 Å². The van der Waals surface area contributed by atoms with Gasteiger partial charge in [0.15, 0.2) is 0 Å². The van der Waals surface area contributed by atoms with Gasteiger partial charge in [-0.2, -0.15) is 4.98 Å². The highest BCUT2D eigenvalue weighted by Crippen LogP contribution is 2.28. The lowest BCUT2D eigenvalue weighted by Crippen LogP contribution is -2.14. The number of nitrogens with one attached hydrogen (secondary N) is 1. The van der Waals surface area contributed by atoms with Crippen LogP contribution >= 0.6 is 12.2 Å². The Bertz CT molecular complexity index is 391. The van der Waals surface area contributed by atoms with Gasteiger partial charge in [0.2, 0.25) is 10.7 Å². The Kier molecular flexibility index (Phi) is 2.47. The second kappa shape index (κ2) is 3.62. The van der Waals surface area contributed by atoms with Crippen LogP contribution in [0.2, 0.25) is 0 Å². The smallest absolute Gasteiger partial charge is 0.224 e. The minimum atomic E-state index is 0.162. The largest absolute Gasteiger partial charge is 0.378 e. The van der Waals surface area contributed by atoms with E-state index in [0.29, 0.717) is 5.95 Å². The van der Waals surface area contributed by atoms with Crippen molar-refractivity contribution in [2.75, 3.05) is 12.3 Å². The van der Waals surface area contributed by atoms with Crippen LogP contribution in [0.15, 0.2) is 0 Å². The summed E-state index contributed by atoms with van der Waals surface area (Å²) in [5.41, 5.74) is 5.56. The first-order valence-electron chi connectivity index (χ1n) is 4.52. The van der Waals surface area contributed by atoms with Crippen molar-refractivity contribution < 1.29 is 4.74 Å². The van der Waals surface area contributed by atoms with E-state index in [-0.39, 0.29) is 16.8 Å². The van der Waals surface area contributed by atoms with E-state index >= 15 is 0 Å². The number of nitrogens with zero attached hydrogens (tertiary/aromatic N) is 2. The summed E-state index contributed by atoms with van der Waals surface area (Å²) in [5, 5.41) is 0. The lowest BCUT2D eigenvalue weighted by Gasteiger charge is -2.12. The molecule has 1 saturated heterocycles. The molecule has 0 aromatic carbocycles. The zero-order valence-electron chi connectivity index (χ0n) is 7.86. The summed E-state index contributed by atoms with van der Waals surface area (Å²) in [5.74, 6) is 1.36. The maximum atomic E-state index is 5.56. The lowest BCUT2D eigenvalue weighted by molar-refractivity contribution is 0.117. The maximum Gasteiger partial charge on any atom is 0.224 e. The predicted molar refractivity (Wildman–Crippen MR) is 54.4 cm³/mol. The fourth-order valence-corrected chi connectivity index (χ4v) is 1.88. The molecule has 5 nitrogen and oxygen atoms in total. The molecule has 76 valence electrons. The molecular weight excluding hydrogens is 200 g/mol. The molecule has 0 radical (unpaired) electrons. The highest BCUT2D eigenvalue weighted by molar-refractivity contribution is 7.71. The first-order chi connectivity index (χ1) is 6.66. The van der Waals surface area contributed by atoms with Crippen molar-refractivity contribution in [3.05, 3.63) is 10.6 Å². The quantitative estimate of drug-likeness (QED) is 0.679. The summed E-state index contributed by atoms with van der Waals surface area (Å²) in [6, 6.07) is 0. The van der Waals surface area contributed by atoms with E-state index in [1.807, 2.05) is 6.92 Å². The number of H-pyrrole nitrogens is 1. The summed E-state index contributed by atoms with van der Waals surface area (Å²) in [7, 11) is 0. The van der Waals surface area contributed by atoms with Gasteiger partial charge in [-0.1, -0.05) is 0 Å². The Balaban J connectivity index is 2.36. The maximum absolute atomic E-state index is 5.56. The van der Waals surface area contributed by atoms with Crippen LogP contribution in [-0.4, -0.2) is 27.7 Å². The van der Waals surface area contributed by atoms with E-state index in [2.05, 4.69) is 15.0 Å². The molecule has 1 aromatic rings. The number of nitrogens with two attached hydrogens (primary N) is 1. The molecule has 0 aliphatic carbocycles. The number of ether oxygens (including phenoxy) is 1. The molecule has 2 unspecified atom stereocenters. The van der Waals surface area contributed by atoms with Crippen LogP contribution in [0.4, 0.5) is 5.95 Å². The highest BCUT2D eigenvalue weighted by Gasteiger charge is 2.27. The Morgan fingerprint density at radius 1 is 1.57 bits per heavy atom. The van der Waals surface area contributed by atoms with Crippen LogP contribution in [0.25, 0.3) is 0 Å². The third kappa shape index (κ3) is 1.76. The second-order valence-electron chi connectivity index (χ2n) is 3.37. The van der Waals surface area contributed by atoms with Gasteiger partial charge in [-0.25, -0.2) is 4.98 Å². The molecule has 6 heteroatoms. The fourth-order valence-electron chi connectivity index (χ4n) is 1.68. The number of anilines is 1. The molecule has 2 rings (SSSR count). The Morgan fingerprint density at radius 2 is 2.36 bits per heavy atom. The number of aromatic amines is 1. The van der Waals surface area contributed by atoms with Gasteiger partial charge >= 0.3 is 0 Å². The van der Waals surface area contributed by atoms with Crippen molar-refractivity contribution in [3.63, 3.8) is 0 Å². The van der Waals surface area contributed by atoms with E-state index in [0.717, 1.165) is 18.9 Å². The van der Waals surface area contributed by atoms with Gasteiger partial charge in [0.25, 0.3) is 0 Å². The van der Waals surface area contributed by atoms with Crippen LogP contribution in [0.1, 0.15) is 25.1 Å². The fraction of sp³-hybridized carbons (Fsp3) is 0.625. The molecule has 1 aromatic heterocycles. The number of hydrogen-bond acceptors (Lipinski definition) is 5. The normalized spacial score (nSPS) is 26.6. The number of nitrogen functional groups attached to an aromatic ring is 1. The minimum Gasteiger partial charge on any atom is -0.378 e. The van der Waals surface area contributed by atoms with Gasteiger partial charge in [0.1, 0.15) is 5.82 Å². The highest BCUT2D eigenvalue weighted by atomic mass is 32.1. The molecule has 14 heavy (non-hydrogen) atoms. The lowest BCUT2D eigenvalue weighted by atomic mass is 10.0. The van der Waals surface area contributed by atoms with Gasteiger partial charge in [-0.3, -0.25) is 0 Å². The van der Waals surface area contributed by atoms with Crippen LogP contribution < -0.4 is 5.73 Å². The molecule has 0 saturated carbocycles. The van der Waals surface area contributed by atoms with Gasteiger partial charge in [-0.05, 0) is 25.6 Å². The summed E-state index contributed by atoms with van der Waals surface area (Å²) in [4.78, 5) is 10.9. The zero-order chi connectivity index (χ0) is 10.1. The molecule has 0 amide bonds. The predicted octanol–water partition coefficient (Wildman–Crippen LogP) is 1.01. The van der Waals surface area contributed by atoms with Gasteiger partial charge in [0.05, 0.1) is 6.10 Å². The average molecular weight is 212 g/mol. The van der Waals surface area contributed by atoms with E-state index in [1.165, 1.54) is 0 Å². The first kappa shape index (κ1) is 9.54. The van der Waals surface area contributed by atoms with Crippen molar-refractivity contribution in [3.8, 4) is 0 Å². The molecular formula is C8H12N4OS. The molecule has 3 N–H and O–H groups in total. The monoisotopic (exact) mass is 212 g/mol. The standard InChI is InChI=1S/C8H12N4OS/c1-4-5(2-3-13-4)6-10-7(9)12-8(14)11-6/h4-5H,2-3H2,1H3,(H3,9,10,11,12,14). The Hall–Kier alpha value is -1.01. The van der Waals surface area contributed by atoms with Crippen molar-refractivity contribution in [2.24, 2.45) is 0 Å². The third-order valence-corrected chi connectivity index (χ3v) is 2.60. The van der Waals surface area contributed by atoms with E-state index in [1.54, 1.807) is 0 Å². The van der Waals surface area contributed by atoms with E-state index < -0.39 is 0 Å². The van der Waals surface area contributed by atoms with Crippen LogP contribution in [0.5, 0.6) is 0 Å². The van der Waals surface area contributed by atoms with Crippen LogP contribution in [-0.2, 0) is 4.74 Å². The Labute approximate surface area is 86.7 Å². The first-order valence-corrected chi connectivity index (χ1v) is 4.93. The topological polar surface area (TPSA) is 76.8 Å². The van der Waals surface area contributed by atoms with Crippen LogP contribution in [0.3, 0.4) is 0 Å². The van der Waals surface area contributed by atoms with Crippen molar-refractivity contribution in [2.45, 2.75) is 25.4 Å². The van der Waals surface area contributed by atoms with Crippen LogP contribution in [0, 0.1) is 4.77 Å². The molecule has 0 spiro atoms. The van der Waals surface area contributed by atoms with Gasteiger partial charge in [-0.15, -0.1) is 0 Å². The van der Waals surface area contributed by atoms with E-state index in [9.17, 15) is 0 Å². The second-order valence-corrected chi connectivity index (χ2v) is 3.74. The minimum absolute atomic E-state index is 0.162. The molecule has 2 atom stereocenters. The van der Waals surface area contributed by atoms with E-state index in [4.69, 9.17) is 22.7 Å². The number of hydrogen-bond donors (Lipinski definition) is 2. The average Bonchev–Trinajstić information content (AvgIpc) is 2.49. The molecule has 1 aliphatic heterocycles. The molecule has 0 bridgehead atoms. The molecule has 1 aliphatic rings. The number of rotatable bonds is 1.